The van der Waals surface area contributed by atoms with Crippen LogP contribution in [0.2, 0.25) is 5.02 Å². The van der Waals surface area contributed by atoms with Crippen LogP contribution in [0.1, 0.15) is 24.8 Å². The van der Waals surface area contributed by atoms with Gasteiger partial charge in [0.15, 0.2) is 0 Å². The van der Waals surface area contributed by atoms with Gasteiger partial charge in [0.1, 0.15) is 11.9 Å². The van der Waals surface area contributed by atoms with Gasteiger partial charge in [-0.15, -0.1) is 0 Å². The predicted molar refractivity (Wildman–Crippen MR) is 63.6 cm³/mol. The molecule has 88 valence electrons. The van der Waals surface area contributed by atoms with Crippen molar-refractivity contribution in [2.24, 2.45) is 5.73 Å². The summed E-state index contributed by atoms with van der Waals surface area (Å²) in [6.45, 7) is 0.388. The Morgan fingerprint density at radius 2 is 2.25 bits per heavy atom. The van der Waals surface area contributed by atoms with Crippen molar-refractivity contribution in [3.63, 3.8) is 0 Å². The van der Waals surface area contributed by atoms with Crippen molar-refractivity contribution < 1.29 is 9.84 Å². The van der Waals surface area contributed by atoms with Crippen LogP contribution in [0.25, 0.3) is 0 Å². The molecular formula is C12H16ClNO2. The Morgan fingerprint density at radius 1 is 1.44 bits per heavy atom. The van der Waals surface area contributed by atoms with Gasteiger partial charge in [-0.25, -0.2) is 0 Å². The average Bonchev–Trinajstić information content (AvgIpc) is 2.67. The summed E-state index contributed by atoms with van der Waals surface area (Å²) in [4.78, 5) is 0. The molecule has 3 N–H and O–H groups in total. The first-order valence-corrected chi connectivity index (χ1v) is 5.91. The van der Waals surface area contributed by atoms with Gasteiger partial charge in [-0.05, 0) is 37.5 Å². The number of aliphatic hydroxyl groups excluding tert-OH is 1. The molecule has 2 atom stereocenters. The molecule has 1 aromatic rings. The number of aliphatic hydroxyl groups is 1. The summed E-state index contributed by atoms with van der Waals surface area (Å²) >= 11 is 5.88. The van der Waals surface area contributed by atoms with E-state index in [-0.39, 0.29) is 12.2 Å². The summed E-state index contributed by atoms with van der Waals surface area (Å²) < 4.78 is 5.78. The quantitative estimate of drug-likeness (QED) is 0.852. The zero-order valence-electron chi connectivity index (χ0n) is 9.03. The van der Waals surface area contributed by atoms with Crippen LogP contribution >= 0.6 is 11.6 Å². The van der Waals surface area contributed by atoms with Crippen LogP contribution in [0.3, 0.4) is 0 Å². The Hall–Kier alpha value is -0.770. The molecule has 0 bridgehead atoms. The topological polar surface area (TPSA) is 55.5 Å². The van der Waals surface area contributed by atoms with Gasteiger partial charge in [-0.1, -0.05) is 11.6 Å². The SMILES string of the molecule is NCc1cc(Cl)ccc1OC1CCCC1O. The lowest BCUT2D eigenvalue weighted by Crippen LogP contribution is -2.26. The molecule has 0 aromatic heterocycles. The van der Waals surface area contributed by atoms with Gasteiger partial charge in [0.2, 0.25) is 0 Å². The molecule has 1 fully saturated rings. The number of benzene rings is 1. The Bertz CT molecular complexity index is 370. The molecule has 0 heterocycles. The third kappa shape index (κ3) is 2.48. The highest BCUT2D eigenvalue weighted by Crippen LogP contribution is 2.28. The maximum atomic E-state index is 9.69. The van der Waals surface area contributed by atoms with Crippen molar-refractivity contribution in [2.75, 3.05) is 0 Å². The van der Waals surface area contributed by atoms with E-state index in [1.165, 1.54) is 0 Å². The van der Waals surface area contributed by atoms with E-state index in [1.54, 1.807) is 12.1 Å². The van der Waals surface area contributed by atoms with E-state index in [4.69, 9.17) is 22.1 Å². The Morgan fingerprint density at radius 3 is 2.88 bits per heavy atom. The number of ether oxygens (including phenoxy) is 1. The summed E-state index contributed by atoms with van der Waals surface area (Å²) in [5, 5.41) is 10.3. The van der Waals surface area contributed by atoms with Crippen LogP contribution in [-0.4, -0.2) is 17.3 Å². The van der Waals surface area contributed by atoms with Crippen LogP contribution in [0, 0.1) is 0 Å². The largest absolute Gasteiger partial charge is 0.487 e. The maximum Gasteiger partial charge on any atom is 0.124 e. The molecule has 0 aliphatic heterocycles. The lowest BCUT2D eigenvalue weighted by Gasteiger charge is -2.19. The number of hydrogen-bond donors (Lipinski definition) is 2. The van der Waals surface area contributed by atoms with Crippen molar-refractivity contribution in [2.45, 2.75) is 38.0 Å². The average molecular weight is 242 g/mol. The lowest BCUT2D eigenvalue weighted by atomic mass is 10.2. The highest BCUT2D eigenvalue weighted by molar-refractivity contribution is 6.30. The zero-order valence-corrected chi connectivity index (χ0v) is 9.78. The van der Waals surface area contributed by atoms with Gasteiger partial charge in [-0.3, -0.25) is 0 Å². The first kappa shape index (κ1) is 11.7. The second-order valence-corrected chi connectivity index (χ2v) is 4.55. The van der Waals surface area contributed by atoms with E-state index in [1.807, 2.05) is 6.07 Å². The van der Waals surface area contributed by atoms with E-state index in [2.05, 4.69) is 0 Å². The molecule has 0 amide bonds. The van der Waals surface area contributed by atoms with Crippen LogP contribution in [-0.2, 0) is 6.54 Å². The molecule has 0 radical (unpaired) electrons. The fraction of sp³-hybridized carbons (Fsp3) is 0.500. The van der Waals surface area contributed by atoms with E-state index in [0.717, 1.165) is 30.6 Å². The third-order valence-corrected chi connectivity index (χ3v) is 3.17. The minimum absolute atomic E-state index is 0.105. The van der Waals surface area contributed by atoms with Crippen molar-refractivity contribution in [1.82, 2.24) is 0 Å². The van der Waals surface area contributed by atoms with Crippen LogP contribution in [0.4, 0.5) is 0 Å². The highest BCUT2D eigenvalue weighted by atomic mass is 35.5. The molecule has 2 unspecified atom stereocenters. The van der Waals surface area contributed by atoms with Gasteiger partial charge < -0.3 is 15.6 Å². The van der Waals surface area contributed by atoms with Crippen LogP contribution in [0.15, 0.2) is 18.2 Å². The van der Waals surface area contributed by atoms with Gasteiger partial charge in [0.25, 0.3) is 0 Å². The Kier molecular flexibility index (Phi) is 3.69. The van der Waals surface area contributed by atoms with Gasteiger partial charge in [0, 0.05) is 17.1 Å². The van der Waals surface area contributed by atoms with Gasteiger partial charge in [0.05, 0.1) is 6.10 Å². The van der Waals surface area contributed by atoms with Crippen LogP contribution < -0.4 is 10.5 Å². The smallest absolute Gasteiger partial charge is 0.124 e. The van der Waals surface area contributed by atoms with E-state index < -0.39 is 0 Å². The molecule has 1 aliphatic rings. The van der Waals surface area contributed by atoms with E-state index in [0.29, 0.717) is 11.6 Å². The van der Waals surface area contributed by atoms with Crippen molar-refractivity contribution >= 4 is 11.6 Å². The minimum atomic E-state index is -0.360. The molecule has 4 heteroatoms. The van der Waals surface area contributed by atoms with E-state index >= 15 is 0 Å². The first-order chi connectivity index (χ1) is 7.70. The standard InChI is InChI=1S/C12H16ClNO2/c13-9-4-5-11(8(6-9)7-14)16-12-3-1-2-10(12)15/h4-6,10,12,15H,1-3,7,14H2. The highest BCUT2D eigenvalue weighted by Gasteiger charge is 2.27. The van der Waals surface area contributed by atoms with Gasteiger partial charge in [-0.2, -0.15) is 0 Å². The summed E-state index contributed by atoms with van der Waals surface area (Å²) in [6.07, 6.45) is 2.26. The summed E-state index contributed by atoms with van der Waals surface area (Å²) in [6, 6.07) is 5.39. The fourth-order valence-electron chi connectivity index (χ4n) is 2.03. The Balaban J connectivity index is 2.14. The molecule has 0 saturated heterocycles. The number of nitrogens with two attached hydrogens (primary N) is 1. The molecule has 1 aliphatic carbocycles. The summed E-state index contributed by atoms with van der Waals surface area (Å²) in [7, 11) is 0. The number of halogens is 1. The minimum Gasteiger partial charge on any atom is -0.487 e. The second kappa shape index (κ2) is 5.04. The molecular weight excluding hydrogens is 226 g/mol. The monoisotopic (exact) mass is 241 g/mol. The summed E-state index contributed by atoms with van der Waals surface area (Å²) in [5.41, 5.74) is 6.51. The predicted octanol–water partition coefficient (Wildman–Crippen LogP) is 2.09. The Labute approximate surface area is 100 Å². The van der Waals surface area contributed by atoms with Crippen LogP contribution in [0.5, 0.6) is 5.75 Å². The molecule has 0 spiro atoms. The number of hydrogen-bond acceptors (Lipinski definition) is 3. The van der Waals surface area contributed by atoms with Gasteiger partial charge >= 0.3 is 0 Å². The fourth-order valence-corrected chi connectivity index (χ4v) is 2.22. The number of rotatable bonds is 3. The third-order valence-electron chi connectivity index (χ3n) is 2.94. The zero-order chi connectivity index (χ0) is 11.5. The molecule has 1 aromatic carbocycles. The lowest BCUT2D eigenvalue weighted by molar-refractivity contribution is 0.0598. The second-order valence-electron chi connectivity index (χ2n) is 4.11. The van der Waals surface area contributed by atoms with E-state index in [9.17, 15) is 5.11 Å². The van der Waals surface area contributed by atoms with Crippen molar-refractivity contribution in [1.29, 1.82) is 0 Å². The molecule has 2 rings (SSSR count). The van der Waals surface area contributed by atoms with Crippen molar-refractivity contribution in [3.8, 4) is 5.75 Å². The van der Waals surface area contributed by atoms with Crippen molar-refractivity contribution in [3.05, 3.63) is 28.8 Å². The summed E-state index contributed by atoms with van der Waals surface area (Å²) in [5.74, 6) is 0.734. The molecule has 1 saturated carbocycles. The first-order valence-electron chi connectivity index (χ1n) is 5.54. The molecule has 16 heavy (non-hydrogen) atoms. The molecule has 3 nitrogen and oxygen atoms in total. The maximum absolute atomic E-state index is 9.69. The normalized spacial score (nSPS) is 24.7.